The average Bonchev–Trinajstić information content (AvgIpc) is 3.10. The van der Waals surface area contributed by atoms with E-state index in [0.29, 0.717) is 31.0 Å². The van der Waals surface area contributed by atoms with Crippen LogP contribution in [0.5, 0.6) is 0 Å². The molecule has 33 heavy (non-hydrogen) atoms. The Morgan fingerprint density at radius 3 is 1.33 bits per heavy atom. The Hall–Kier alpha value is -1.54. The second-order valence-electron chi connectivity index (χ2n) is 12.0. The van der Waals surface area contributed by atoms with Gasteiger partial charge in [-0.05, 0) is 92.9 Å². The number of rotatable bonds is 1. The van der Waals surface area contributed by atoms with Crippen LogP contribution in [-0.4, -0.2) is 81.8 Å². The molecular weight excluding hydrogens is 424 g/mol. The van der Waals surface area contributed by atoms with Gasteiger partial charge in [-0.3, -0.25) is 0 Å². The summed E-state index contributed by atoms with van der Waals surface area (Å²) in [5, 5.41) is 9.64. The van der Waals surface area contributed by atoms with Crippen LogP contribution in [0.2, 0.25) is 0 Å². The molecule has 4 heterocycles. The minimum atomic E-state index is -0.438. The highest BCUT2D eigenvalue weighted by atomic mass is 16.6. The molecule has 0 aliphatic carbocycles. The third kappa shape index (κ3) is 6.75. The first kappa shape index (κ1) is 26.1. The van der Waals surface area contributed by atoms with Gasteiger partial charge in [0.25, 0.3) is 0 Å². The smallest absolute Gasteiger partial charge is 0.410 e. The molecule has 4 aliphatic heterocycles. The minimum absolute atomic E-state index is 0.153. The van der Waals surface area contributed by atoms with E-state index in [-0.39, 0.29) is 30.4 Å². The Balaban J connectivity index is 0.000000186. The number of ether oxygens (including phenoxy) is 3. The highest BCUT2D eigenvalue weighted by Crippen LogP contribution is 2.38. The first-order valence-electron chi connectivity index (χ1n) is 12.5. The van der Waals surface area contributed by atoms with E-state index in [1.807, 2.05) is 51.3 Å². The predicted octanol–water partition coefficient (Wildman–Crippen LogP) is 4.47. The van der Waals surface area contributed by atoms with Crippen LogP contribution >= 0.6 is 0 Å². The third-order valence-corrected chi connectivity index (χ3v) is 6.94. The van der Waals surface area contributed by atoms with Gasteiger partial charge in [0.15, 0.2) is 0 Å². The van der Waals surface area contributed by atoms with Crippen LogP contribution in [0.1, 0.15) is 92.9 Å². The largest absolute Gasteiger partial charge is 0.444 e. The van der Waals surface area contributed by atoms with Crippen LogP contribution in [0.25, 0.3) is 0 Å². The molecule has 4 fully saturated rings. The summed E-state index contributed by atoms with van der Waals surface area (Å²) >= 11 is 0. The number of aliphatic hydroxyl groups excluding tert-OH is 1. The lowest BCUT2D eigenvalue weighted by molar-refractivity contribution is -0.0215. The molecule has 4 aliphatic rings. The SMILES string of the molecule is CC(C)(C)OC(=O)N1[C@@H]2CC[C@H]1CC(O)C2.COC1C[C@H]2CC[C@@H](C1)N2C(=O)OC(C)(C)C. The summed E-state index contributed by atoms with van der Waals surface area (Å²) in [7, 11) is 1.76. The van der Waals surface area contributed by atoms with Gasteiger partial charge in [0.2, 0.25) is 0 Å². The lowest BCUT2D eigenvalue weighted by Crippen LogP contribution is -2.50. The lowest BCUT2D eigenvalue weighted by atomic mass is 10.0. The molecule has 0 aromatic carbocycles. The molecule has 2 unspecified atom stereocenters. The summed E-state index contributed by atoms with van der Waals surface area (Å²) in [6, 6.07) is 0.995. The van der Waals surface area contributed by atoms with E-state index in [1.54, 1.807) is 7.11 Å². The van der Waals surface area contributed by atoms with E-state index in [4.69, 9.17) is 14.2 Å². The molecule has 0 aromatic heterocycles. The quantitative estimate of drug-likeness (QED) is 0.611. The number of aliphatic hydroxyl groups is 1. The zero-order valence-electron chi connectivity index (χ0n) is 21.5. The van der Waals surface area contributed by atoms with Gasteiger partial charge in [0.05, 0.1) is 12.2 Å². The summed E-state index contributed by atoms with van der Waals surface area (Å²) in [6.45, 7) is 11.4. The fourth-order valence-electron chi connectivity index (χ4n) is 5.69. The van der Waals surface area contributed by atoms with Gasteiger partial charge in [0, 0.05) is 31.3 Å². The molecule has 4 saturated heterocycles. The molecule has 0 saturated carbocycles. The van der Waals surface area contributed by atoms with Crippen molar-refractivity contribution < 1.29 is 28.9 Å². The molecule has 0 aromatic rings. The monoisotopic (exact) mass is 468 g/mol. The minimum Gasteiger partial charge on any atom is -0.444 e. The number of piperidine rings is 2. The summed E-state index contributed by atoms with van der Waals surface area (Å²) in [5.41, 5.74) is -0.846. The van der Waals surface area contributed by atoms with Crippen LogP contribution in [0.3, 0.4) is 0 Å². The van der Waals surface area contributed by atoms with Gasteiger partial charge >= 0.3 is 12.2 Å². The van der Waals surface area contributed by atoms with Gasteiger partial charge in [0.1, 0.15) is 11.2 Å². The van der Waals surface area contributed by atoms with Crippen molar-refractivity contribution in [3.63, 3.8) is 0 Å². The predicted molar refractivity (Wildman–Crippen MR) is 125 cm³/mol. The number of nitrogens with zero attached hydrogens (tertiary/aromatic N) is 2. The van der Waals surface area contributed by atoms with Crippen LogP contribution in [0.15, 0.2) is 0 Å². The molecule has 0 radical (unpaired) electrons. The number of fused-ring (bicyclic) bond motifs is 4. The highest BCUT2D eigenvalue weighted by Gasteiger charge is 2.45. The van der Waals surface area contributed by atoms with E-state index in [9.17, 15) is 14.7 Å². The summed E-state index contributed by atoms with van der Waals surface area (Å²) in [5.74, 6) is 0. The Morgan fingerprint density at radius 1 is 0.697 bits per heavy atom. The van der Waals surface area contributed by atoms with Crippen LogP contribution in [0, 0.1) is 0 Å². The third-order valence-electron chi connectivity index (χ3n) is 6.94. The molecule has 0 spiro atoms. The fraction of sp³-hybridized carbons (Fsp3) is 0.920. The first-order valence-corrected chi connectivity index (χ1v) is 12.5. The van der Waals surface area contributed by atoms with Crippen LogP contribution in [0.4, 0.5) is 9.59 Å². The molecular formula is C25H44N2O6. The highest BCUT2D eigenvalue weighted by molar-refractivity contribution is 5.70. The molecule has 8 heteroatoms. The zero-order chi connectivity index (χ0) is 24.6. The standard InChI is InChI=1S/C13H23NO3.C12H21NO3/c1-13(2,3)17-12(15)14-9-5-6-10(14)8-11(7-9)16-4;1-12(2,3)16-11(15)13-8-4-5-9(13)7-10(14)6-8/h9-11H,5-8H2,1-4H3;8-10,14H,4-7H2,1-3H3/t9-,10+,11?;8-,9+,10?. The van der Waals surface area contributed by atoms with Crippen molar-refractivity contribution in [2.45, 2.75) is 140 Å². The van der Waals surface area contributed by atoms with E-state index in [1.165, 1.54) is 0 Å². The average molecular weight is 469 g/mol. The number of carbonyl (C=O) groups is 2. The number of carbonyl (C=O) groups excluding carboxylic acids is 2. The van der Waals surface area contributed by atoms with E-state index in [2.05, 4.69) is 0 Å². The Kier molecular flexibility index (Phi) is 7.89. The van der Waals surface area contributed by atoms with E-state index < -0.39 is 11.2 Å². The van der Waals surface area contributed by atoms with Crippen molar-refractivity contribution in [3.8, 4) is 0 Å². The number of methoxy groups -OCH3 is 1. The Bertz CT molecular complexity index is 672. The van der Waals surface area contributed by atoms with Crippen molar-refractivity contribution in [2.75, 3.05) is 7.11 Å². The maximum Gasteiger partial charge on any atom is 0.410 e. The van der Waals surface area contributed by atoms with Crippen molar-refractivity contribution in [1.82, 2.24) is 9.80 Å². The topological polar surface area (TPSA) is 88.5 Å². The number of hydrogen-bond donors (Lipinski definition) is 1. The zero-order valence-corrected chi connectivity index (χ0v) is 21.5. The molecule has 1 N–H and O–H groups in total. The van der Waals surface area contributed by atoms with Gasteiger partial charge < -0.3 is 29.1 Å². The van der Waals surface area contributed by atoms with Crippen molar-refractivity contribution in [1.29, 1.82) is 0 Å². The van der Waals surface area contributed by atoms with Gasteiger partial charge in [-0.25, -0.2) is 9.59 Å². The van der Waals surface area contributed by atoms with Crippen molar-refractivity contribution in [2.24, 2.45) is 0 Å². The maximum absolute atomic E-state index is 12.1. The van der Waals surface area contributed by atoms with Crippen molar-refractivity contribution in [3.05, 3.63) is 0 Å². The Morgan fingerprint density at radius 2 is 1.03 bits per heavy atom. The normalized spacial score (nSPS) is 33.3. The molecule has 4 rings (SSSR count). The van der Waals surface area contributed by atoms with Gasteiger partial charge in [-0.2, -0.15) is 0 Å². The Labute approximate surface area is 198 Å². The van der Waals surface area contributed by atoms with E-state index in [0.717, 1.165) is 38.5 Å². The van der Waals surface area contributed by atoms with Crippen molar-refractivity contribution >= 4 is 12.2 Å². The first-order chi connectivity index (χ1) is 15.3. The summed E-state index contributed by atoms with van der Waals surface area (Å²) in [6.07, 6.45) is 7.19. The number of amides is 2. The van der Waals surface area contributed by atoms with Crippen LogP contribution < -0.4 is 0 Å². The molecule has 190 valence electrons. The molecule has 2 amide bonds. The van der Waals surface area contributed by atoms with E-state index >= 15 is 0 Å². The van der Waals surface area contributed by atoms with Gasteiger partial charge in [-0.1, -0.05) is 0 Å². The van der Waals surface area contributed by atoms with Gasteiger partial charge in [-0.15, -0.1) is 0 Å². The fourth-order valence-corrected chi connectivity index (χ4v) is 5.69. The lowest BCUT2D eigenvalue weighted by Gasteiger charge is -2.38. The van der Waals surface area contributed by atoms with Crippen LogP contribution in [-0.2, 0) is 14.2 Å². The summed E-state index contributed by atoms with van der Waals surface area (Å²) < 4.78 is 16.3. The number of hydrogen-bond acceptors (Lipinski definition) is 6. The summed E-state index contributed by atoms with van der Waals surface area (Å²) in [4.78, 5) is 27.9. The second-order valence-corrected chi connectivity index (χ2v) is 12.0. The second kappa shape index (κ2) is 9.98. The molecule has 6 atom stereocenters. The molecule has 4 bridgehead atoms. The molecule has 8 nitrogen and oxygen atoms in total. The maximum atomic E-state index is 12.1.